The molecule has 1 aliphatic rings. The van der Waals surface area contributed by atoms with Gasteiger partial charge in [0.05, 0.1) is 5.56 Å². The lowest BCUT2D eigenvalue weighted by Gasteiger charge is -2.30. The number of carbonyl (C=O) groups is 1. The van der Waals surface area contributed by atoms with E-state index in [4.69, 9.17) is 4.74 Å². The van der Waals surface area contributed by atoms with Crippen molar-refractivity contribution in [2.75, 3.05) is 38.0 Å². The molecule has 1 aliphatic heterocycles. The second-order valence-electron chi connectivity index (χ2n) is 7.35. The van der Waals surface area contributed by atoms with E-state index in [1.54, 1.807) is 18.3 Å². The second-order valence-corrected chi connectivity index (χ2v) is 7.35. The third kappa shape index (κ3) is 2.71. The summed E-state index contributed by atoms with van der Waals surface area (Å²) in [7, 11) is 7.99. The van der Waals surface area contributed by atoms with Crippen LogP contribution < -0.4 is 9.80 Å². The molecule has 0 saturated heterocycles. The van der Waals surface area contributed by atoms with Crippen LogP contribution >= 0.6 is 0 Å². The minimum Gasteiger partial charge on any atom is -0.439 e. The predicted molar refractivity (Wildman–Crippen MR) is 111 cm³/mol. The molecule has 2 heterocycles. The number of hydrogen-bond donors (Lipinski definition) is 0. The number of hydrogen-bond acceptors (Lipinski definition) is 5. The summed E-state index contributed by atoms with van der Waals surface area (Å²) in [6.45, 7) is 0. The van der Waals surface area contributed by atoms with E-state index < -0.39 is 5.60 Å². The molecule has 3 aromatic rings. The van der Waals surface area contributed by atoms with E-state index >= 15 is 0 Å². The molecule has 142 valence electrons. The van der Waals surface area contributed by atoms with Crippen LogP contribution in [0.5, 0.6) is 0 Å². The molecule has 0 spiro atoms. The van der Waals surface area contributed by atoms with Gasteiger partial charge in [-0.15, -0.1) is 0 Å². The number of fused-ring (bicyclic) bond motifs is 1. The summed E-state index contributed by atoms with van der Waals surface area (Å²) in [5.41, 5.74) is 4.00. The summed E-state index contributed by atoms with van der Waals surface area (Å²) < 4.78 is 6.06. The molecule has 4 rings (SSSR count). The Labute approximate surface area is 165 Å². The number of carbonyl (C=O) groups excluding carboxylic acids is 1. The molecular formula is C23H23N3O2. The first-order chi connectivity index (χ1) is 13.4. The molecule has 0 atom stereocenters. The summed E-state index contributed by atoms with van der Waals surface area (Å²) in [5, 5.41) is 0. The highest BCUT2D eigenvalue weighted by atomic mass is 16.6. The molecule has 28 heavy (non-hydrogen) atoms. The van der Waals surface area contributed by atoms with E-state index in [0.717, 1.165) is 22.5 Å². The maximum absolute atomic E-state index is 12.7. The van der Waals surface area contributed by atoms with Crippen molar-refractivity contribution in [2.45, 2.75) is 5.60 Å². The van der Waals surface area contributed by atoms with Gasteiger partial charge in [-0.2, -0.15) is 0 Å². The molecule has 0 fully saturated rings. The molecule has 0 amide bonds. The molecule has 5 heteroatoms. The third-order valence-electron chi connectivity index (χ3n) is 5.19. The fourth-order valence-corrected chi connectivity index (χ4v) is 3.64. The summed E-state index contributed by atoms with van der Waals surface area (Å²) in [4.78, 5) is 21.3. The summed E-state index contributed by atoms with van der Waals surface area (Å²) in [6, 6.07) is 19.7. The maximum Gasteiger partial charge on any atom is 0.341 e. The lowest BCUT2D eigenvalue weighted by atomic mass is 9.82. The first-order valence-corrected chi connectivity index (χ1v) is 9.18. The number of aromatic nitrogens is 1. The first kappa shape index (κ1) is 18.0. The number of nitrogens with zero attached hydrogens (tertiary/aromatic N) is 3. The zero-order valence-corrected chi connectivity index (χ0v) is 16.5. The van der Waals surface area contributed by atoms with Gasteiger partial charge in [-0.25, -0.2) is 4.79 Å². The van der Waals surface area contributed by atoms with E-state index in [1.807, 2.05) is 86.5 Å². The standard InChI is InChI=1S/C23H23N3O2/c1-25(2)18-11-7-16(8-12-18)23(17-9-13-19(14-10-17)26(3)4)21-20(22(27)28-23)6-5-15-24-21/h5-15H,1-4H3. The SMILES string of the molecule is CN(C)c1ccc(C2(c3ccc(N(C)C)cc3)OC(=O)c3cccnc32)cc1. The molecule has 0 saturated carbocycles. The quantitative estimate of drug-likeness (QED) is 0.653. The Morgan fingerprint density at radius 1 is 0.786 bits per heavy atom. The van der Waals surface area contributed by atoms with Crippen LogP contribution in [0.25, 0.3) is 0 Å². The van der Waals surface area contributed by atoms with Crippen LogP contribution in [0.1, 0.15) is 27.2 Å². The van der Waals surface area contributed by atoms with E-state index in [9.17, 15) is 4.79 Å². The van der Waals surface area contributed by atoms with Crippen molar-refractivity contribution in [1.82, 2.24) is 4.98 Å². The molecule has 1 aromatic heterocycles. The van der Waals surface area contributed by atoms with Crippen molar-refractivity contribution in [3.63, 3.8) is 0 Å². The van der Waals surface area contributed by atoms with Crippen LogP contribution in [0.3, 0.4) is 0 Å². The van der Waals surface area contributed by atoms with Gasteiger partial charge in [0, 0.05) is 56.9 Å². The monoisotopic (exact) mass is 373 g/mol. The fraction of sp³-hybridized carbons (Fsp3) is 0.217. The Kier molecular flexibility index (Phi) is 4.30. The molecule has 0 unspecified atom stereocenters. The van der Waals surface area contributed by atoms with E-state index in [-0.39, 0.29) is 5.97 Å². The largest absolute Gasteiger partial charge is 0.439 e. The first-order valence-electron chi connectivity index (χ1n) is 9.18. The molecule has 0 N–H and O–H groups in total. The molecule has 0 radical (unpaired) electrons. The van der Waals surface area contributed by atoms with Crippen molar-refractivity contribution >= 4 is 17.3 Å². The van der Waals surface area contributed by atoms with Gasteiger partial charge in [0.15, 0.2) is 0 Å². The van der Waals surface area contributed by atoms with Gasteiger partial charge < -0.3 is 14.5 Å². The van der Waals surface area contributed by atoms with Crippen LogP contribution in [0, 0.1) is 0 Å². The highest BCUT2D eigenvalue weighted by molar-refractivity contribution is 5.95. The highest BCUT2D eigenvalue weighted by Gasteiger charge is 2.49. The Hall–Kier alpha value is -3.34. The summed E-state index contributed by atoms with van der Waals surface area (Å²) >= 11 is 0. The van der Waals surface area contributed by atoms with Gasteiger partial charge in [-0.3, -0.25) is 4.98 Å². The maximum atomic E-state index is 12.7. The normalized spacial score (nSPS) is 14.4. The summed E-state index contributed by atoms with van der Waals surface area (Å²) in [6.07, 6.45) is 1.71. The molecular weight excluding hydrogens is 350 g/mol. The molecule has 0 bridgehead atoms. The molecule has 5 nitrogen and oxygen atoms in total. The van der Waals surface area contributed by atoms with E-state index in [2.05, 4.69) is 4.98 Å². The zero-order chi connectivity index (χ0) is 19.9. The van der Waals surface area contributed by atoms with Crippen molar-refractivity contribution in [1.29, 1.82) is 0 Å². The van der Waals surface area contributed by atoms with Crippen molar-refractivity contribution in [3.05, 3.63) is 89.2 Å². The van der Waals surface area contributed by atoms with Crippen molar-refractivity contribution < 1.29 is 9.53 Å². The lowest BCUT2D eigenvalue weighted by Crippen LogP contribution is -2.30. The van der Waals surface area contributed by atoms with Gasteiger partial charge in [-0.1, -0.05) is 24.3 Å². The number of cyclic esters (lactones) is 1. The Balaban J connectivity index is 1.94. The zero-order valence-electron chi connectivity index (χ0n) is 16.5. The Morgan fingerprint density at radius 2 is 1.29 bits per heavy atom. The lowest BCUT2D eigenvalue weighted by molar-refractivity contribution is 0.0243. The number of benzene rings is 2. The Morgan fingerprint density at radius 3 is 1.75 bits per heavy atom. The van der Waals surface area contributed by atoms with Gasteiger partial charge in [0.25, 0.3) is 0 Å². The number of pyridine rings is 1. The fourth-order valence-electron chi connectivity index (χ4n) is 3.64. The highest BCUT2D eigenvalue weighted by Crippen LogP contribution is 2.46. The summed E-state index contributed by atoms with van der Waals surface area (Å²) in [5.74, 6) is -0.350. The minimum atomic E-state index is -1.05. The topological polar surface area (TPSA) is 45.7 Å². The van der Waals surface area contributed by atoms with Crippen LogP contribution in [0.15, 0.2) is 66.9 Å². The van der Waals surface area contributed by atoms with Gasteiger partial charge in [0.1, 0.15) is 5.69 Å². The van der Waals surface area contributed by atoms with Crippen LogP contribution in [-0.4, -0.2) is 39.1 Å². The van der Waals surface area contributed by atoms with Crippen LogP contribution in [0.4, 0.5) is 11.4 Å². The third-order valence-corrected chi connectivity index (χ3v) is 5.19. The predicted octanol–water partition coefficient (Wildman–Crippen LogP) is 3.68. The van der Waals surface area contributed by atoms with Crippen molar-refractivity contribution in [3.8, 4) is 0 Å². The second kappa shape index (κ2) is 6.68. The Bertz CT molecular complexity index is 957. The van der Waals surface area contributed by atoms with Crippen molar-refractivity contribution in [2.24, 2.45) is 0 Å². The van der Waals surface area contributed by atoms with Gasteiger partial charge in [0.2, 0.25) is 5.60 Å². The smallest absolute Gasteiger partial charge is 0.341 e. The minimum absolute atomic E-state index is 0.350. The van der Waals surface area contributed by atoms with Crippen LogP contribution in [0.2, 0.25) is 0 Å². The number of anilines is 2. The number of rotatable bonds is 4. The molecule has 0 aliphatic carbocycles. The van der Waals surface area contributed by atoms with E-state index in [1.165, 1.54) is 0 Å². The average molecular weight is 373 g/mol. The number of esters is 1. The number of ether oxygens (including phenoxy) is 1. The van der Waals surface area contributed by atoms with Gasteiger partial charge in [-0.05, 0) is 36.4 Å². The average Bonchev–Trinajstić information content (AvgIpc) is 3.02. The van der Waals surface area contributed by atoms with E-state index in [0.29, 0.717) is 11.3 Å². The van der Waals surface area contributed by atoms with Crippen LogP contribution in [-0.2, 0) is 10.3 Å². The molecule has 2 aromatic carbocycles. The van der Waals surface area contributed by atoms with Gasteiger partial charge >= 0.3 is 5.97 Å².